The first-order valence-corrected chi connectivity index (χ1v) is 6.76. The predicted octanol–water partition coefficient (Wildman–Crippen LogP) is -0.0410. The first-order valence-electron chi connectivity index (χ1n) is 6.76. The van der Waals surface area contributed by atoms with Crippen molar-refractivity contribution in [3.63, 3.8) is 0 Å². The molecule has 1 atom stereocenters. The zero-order chi connectivity index (χ0) is 13.5. The maximum absolute atomic E-state index is 12.5. The number of hydrazine groups is 1. The molecule has 1 amide bonds. The average molecular weight is 273 g/mol. The van der Waals surface area contributed by atoms with Gasteiger partial charge in [-0.05, 0) is 12.1 Å². The van der Waals surface area contributed by atoms with E-state index in [-0.39, 0.29) is 12.2 Å². The molecule has 104 valence electrons. The number of anilines is 1. The van der Waals surface area contributed by atoms with Crippen molar-refractivity contribution >= 4 is 17.9 Å². The molecule has 0 saturated carbocycles. The third-order valence-electron chi connectivity index (χ3n) is 3.80. The number of fused-ring (bicyclic) bond motifs is 2. The van der Waals surface area contributed by atoms with Crippen LogP contribution in [0.15, 0.2) is 23.3 Å². The molecular formula is C13H15N5O2. The van der Waals surface area contributed by atoms with Crippen LogP contribution in [0.2, 0.25) is 0 Å². The Morgan fingerprint density at radius 3 is 3.00 bits per heavy atom. The van der Waals surface area contributed by atoms with Crippen molar-refractivity contribution in [3.8, 4) is 0 Å². The Kier molecular flexibility index (Phi) is 2.68. The molecule has 0 bridgehead atoms. The standard InChI is InChI=1S/C13H15N5O2/c19-12-10-2-1-3-14-11(10)18(13-15-4-5-17(12)13)16-6-8-20-9-7-16/h1-4,13H,5-9H2. The molecule has 0 aliphatic carbocycles. The fourth-order valence-electron chi connectivity index (χ4n) is 2.85. The number of aliphatic imine (C=N–C) groups is 1. The summed E-state index contributed by atoms with van der Waals surface area (Å²) in [6.07, 6.45) is 3.21. The molecule has 4 rings (SSSR count). The molecule has 1 unspecified atom stereocenters. The molecule has 3 aliphatic rings. The summed E-state index contributed by atoms with van der Waals surface area (Å²) in [4.78, 5) is 23.1. The number of nitrogens with zero attached hydrogens (tertiary/aromatic N) is 5. The van der Waals surface area contributed by atoms with E-state index in [2.05, 4.69) is 15.0 Å². The molecule has 0 spiro atoms. The first kappa shape index (κ1) is 11.8. The summed E-state index contributed by atoms with van der Waals surface area (Å²) in [5.74, 6) is 0.694. The highest BCUT2D eigenvalue weighted by atomic mass is 16.5. The van der Waals surface area contributed by atoms with Gasteiger partial charge in [-0.3, -0.25) is 9.69 Å². The molecule has 7 heteroatoms. The van der Waals surface area contributed by atoms with Gasteiger partial charge in [-0.1, -0.05) is 0 Å². The van der Waals surface area contributed by atoms with Crippen LogP contribution in [0.25, 0.3) is 0 Å². The Hall–Kier alpha value is -1.99. The molecule has 1 aromatic heterocycles. The van der Waals surface area contributed by atoms with Crippen molar-refractivity contribution in [1.29, 1.82) is 0 Å². The zero-order valence-corrected chi connectivity index (χ0v) is 11.0. The molecule has 4 heterocycles. The molecule has 0 radical (unpaired) electrons. The van der Waals surface area contributed by atoms with Gasteiger partial charge in [0.2, 0.25) is 6.29 Å². The van der Waals surface area contributed by atoms with Gasteiger partial charge in [-0.2, -0.15) is 0 Å². The smallest absolute Gasteiger partial charge is 0.261 e. The Morgan fingerprint density at radius 2 is 2.15 bits per heavy atom. The Balaban J connectivity index is 1.79. The lowest BCUT2D eigenvalue weighted by Crippen LogP contribution is -2.61. The number of carbonyl (C=O) groups excluding carboxylic acids is 1. The van der Waals surface area contributed by atoms with Crippen LogP contribution in [0.3, 0.4) is 0 Å². The van der Waals surface area contributed by atoms with Crippen molar-refractivity contribution < 1.29 is 9.53 Å². The number of hydrogen-bond donors (Lipinski definition) is 0. The van der Waals surface area contributed by atoms with Crippen LogP contribution >= 0.6 is 0 Å². The maximum atomic E-state index is 12.5. The lowest BCUT2D eigenvalue weighted by molar-refractivity contribution is 0.0125. The SMILES string of the molecule is O=C1c2cccnc2N(N2CCOCC2)C2N=CCN12. The summed E-state index contributed by atoms with van der Waals surface area (Å²) < 4.78 is 5.40. The zero-order valence-electron chi connectivity index (χ0n) is 11.0. The molecule has 1 saturated heterocycles. The first-order chi connectivity index (χ1) is 9.86. The minimum absolute atomic E-state index is 0.000101. The van der Waals surface area contributed by atoms with Crippen molar-refractivity contribution in [2.24, 2.45) is 4.99 Å². The third kappa shape index (κ3) is 1.63. The van der Waals surface area contributed by atoms with Crippen LogP contribution < -0.4 is 5.01 Å². The molecule has 1 fully saturated rings. The van der Waals surface area contributed by atoms with Gasteiger partial charge in [-0.25, -0.2) is 20.0 Å². The monoisotopic (exact) mass is 273 g/mol. The minimum Gasteiger partial charge on any atom is -0.379 e. The maximum Gasteiger partial charge on any atom is 0.261 e. The van der Waals surface area contributed by atoms with Crippen LogP contribution in [0, 0.1) is 0 Å². The van der Waals surface area contributed by atoms with Crippen molar-refractivity contribution in [2.45, 2.75) is 6.29 Å². The molecule has 0 N–H and O–H groups in total. The van der Waals surface area contributed by atoms with Crippen LogP contribution in [0.1, 0.15) is 10.4 Å². The summed E-state index contributed by atoms with van der Waals surface area (Å²) in [7, 11) is 0. The lowest BCUT2D eigenvalue weighted by Gasteiger charge is -2.45. The van der Waals surface area contributed by atoms with Gasteiger partial charge >= 0.3 is 0 Å². The van der Waals surface area contributed by atoms with E-state index in [1.54, 1.807) is 23.4 Å². The number of aromatic nitrogens is 1. The number of pyridine rings is 1. The highest BCUT2D eigenvalue weighted by Crippen LogP contribution is 2.32. The average Bonchev–Trinajstić information content (AvgIpc) is 2.98. The molecule has 3 aliphatic heterocycles. The topological polar surface area (TPSA) is 61.3 Å². The number of hydrogen-bond acceptors (Lipinski definition) is 6. The molecule has 7 nitrogen and oxygen atoms in total. The Morgan fingerprint density at radius 1 is 1.30 bits per heavy atom. The summed E-state index contributed by atoms with van der Waals surface area (Å²) in [6, 6.07) is 3.62. The summed E-state index contributed by atoms with van der Waals surface area (Å²) in [5.41, 5.74) is 0.640. The highest BCUT2D eigenvalue weighted by Gasteiger charge is 2.42. The largest absolute Gasteiger partial charge is 0.379 e. The fourth-order valence-corrected chi connectivity index (χ4v) is 2.85. The molecule has 0 aromatic carbocycles. The van der Waals surface area contributed by atoms with Crippen LogP contribution in [-0.4, -0.2) is 66.2 Å². The number of carbonyl (C=O) groups is 1. The van der Waals surface area contributed by atoms with Crippen molar-refractivity contribution in [3.05, 3.63) is 23.9 Å². The molecule has 1 aromatic rings. The Labute approximate surface area is 116 Å². The van der Waals surface area contributed by atoms with Crippen LogP contribution in [-0.2, 0) is 4.74 Å². The van der Waals surface area contributed by atoms with Gasteiger partial charge in [0, 0.05) is 25.5 Å². The summed E-state index contributed by atoms with van der Waals surface area (Å²) >= 11 is 0. The van der Waals surface area contributed by atoms with E-state index in [0.29, 0.717) is 31.1 Å². The van der Waals surface area contributed by atoms with E-state index in [4.69, 9.17) is 4.74 Å². The van der Waals surface area contributed by atoms with Gasteiger partial charge in [0.1, 0.15) is 0 Å². The number of amides is 1. The summed E-state index contributed by atoms with van der Waals surface area (Å²) in [6.45, 7) is 3.49. The van der Waals surface area contributed by atoms with Gasteiger partial charge in [-0.15, -0.1) is 0 Å². The predicted molar refractivity (Wildman–Crippen MR) is 72.4 cm³/mol. The van der Waals surface area contributed by atoms with Gasteiger partial charge in [0.25, 0.3) is 5.91 Å². The van der Waals surface area contributed by atoms with E-state index in [0.717, 1.165) is 13.1 Å². The van der Waals surface area contributed by atoms with Gasteiger partial charge in [0.15, 0.2) is 5.82 Å². The van der Waals surface area contributed by atoms with E-state index in [9.17, 15) is 4.79 Å². The van der Waals surface area contributed by atoms with E-state index in [1.165, 1.54) is 0 Å². The number of rotatable bonds is 1. The highest BCUT2D eigenvalue weighted by molar-refractivity contribution is 6.02. The van der Waals surface area contributed by atoms with Crippen LogP contribution in [0.5, 0.6) is 0 Å². The fraction of sp³-hybridized carbons (Fsp3) is 0.462. The van der Waals surface area contributed by atoms with Crippen molar-refractivity contribution in [1.82, 2.24) is 14.9 Å². The minimum atomic E-state index is -0.303. The van der Waals surface area contributed by atoms with E-state index in [1.807, 2.05) is 11.1 Å². The Bertz CT molecular complexity index is 570. The van der Waals surface area contributed by atoms with E-state index < -0.39 is 0 Å². The quantitative estimate of drug-likeness (QED) is 0.718. The lowest BCUT2D eigenvalue weighted by atomic mass is 10.2. The van der Waals surface area contributed by atoms with Gasteiger partial charge in [0.05, 0.1) is 25.3 Å². The normalized spacial score (nSPS) is 25.8. The second-order valence-electron chi connectivity index (χ2n) is 4.92. The number of ether oxygens (including phenoxy) is 1. The second kappa shape index (κ2) is 4.53. The van der Waals surface area contributed by atoms with E-state index >= 15 is 0 Å². The second-order valence-corrected chi connectivity index (χ2v) is 4.92. The van der Waals surface area contributed by atoms with Crippen molar-refractivity contribution in [2.75, 3.05) is 37.9 Å². The third-order valence-corrected chi connectivity index (χ3v) is 3.80. The molecule has 20 heavy (non-hydrogen) atoms. The molecular weight excluding hydrogens is 258 g/mol. The summed E-state index contributed by atoms with van der Waals surface area (Å²) in [5, 5.41) is 4.20. The van der Waals surface area contributed by atoms with Crippen LogP contribution in [0.4, 0.5) is 5.82 Å². The van der Waals surface area contributed by atoms with Gasteiger partial charge < -0.3 is 4.74 Å². The number of morpholine rings is 1.